The Kier molecular flexibility index (Phi) is 6.26. The van der Waals surface area contributed by atoms with Crippen molar-refractivity contribution in [2.45, 2.75) is 49.7 Å². The van der Waals surface area contributed by atoms with Crippen LogP contribution in [0.4, 0.5) is 0 Å². The Morgan fingerprint density at radius 1 is 1.41 bits per heavy atom. The minimum atomic E-state index is -3.18. The van der Waals surface area contributed by atoms with Crippen LogP contribution in [0.2, 0.25) is 0 Å². The van der Waals surface area contributed by atoms with E-state index in [9.17, 15) is 8.42 Å². The second-order valence-corrected chi connectivity index (χ2v) is 8.21. The van der Waals surface area contributed by atoms with Gasteiger partial charge in [-0.05, 0) is 32.6 Å². The van der Waals surface area contributed by atoms with E-state index in [-0.39, 0.29) is 11.3 Å². The van der Waals surface area contributed by atoms with E-state index in [1.165, 1.54) is 0 Å². The summed E-state index contributed by atoms with van der Waals surface area (Å²) in [5.74, 6) is 1.05. The van der Waals surface area contributed by atoms with Gasteiger partial charge in [-0.3, -0.25) is 0 Å². The summed E-state index contributed by atoms with van der Waals surface area (Å²) in [5, 5.41) is 2.99. The Bertz CT molecular complexity index is 319. The molecule has 0 saturated heterocycles. The molecule has 1 aliphatic rings. The summed E-state index contributed by atoms with van der Waals surface area (Å²) in [6.45, 7) is 4.36. The van der Waals surface area contributed by atoms with E-state index in [4.69, 9.17) is 0 Å². The number of nitrogens with one attached hydrogen (secondary N) is 2. The molecule has 3 atom stereocenters. The third kappa shape index (κ3) is 4.43. The third-order valence-electron chi connectivity index (χ3n) is 3.17. The molecular weight excluding hydrogens is 256 g/mol. The molecule has 0 radical (unpaired) electrons. The maximum Gasteiger partial charge on any atom is 0.215 e. The van der Waals surface area contributed by atoms with Crippen molar-refractivity contribution in [3.8, 4) is 0 Å². The average Bonchev–Trinajstić information content (AvgIpc) is 2.66. The van der Waals surface area contributed by atoms with Gasteiger partial charge in [-0.15, -0.1) is 0 Å². The highest BCUT2D eigenvalue weighted by Gasteiger charge is 2.32. The lowest BCUT2D eigenvalue weighted by atomic mass is 10.3. The average molecular weight is 280 g/mol. The Balaban J connectivity index is 2.57. The predicted octanol–water partition coefficient (Wildman–Crippen LogP) is 1.19. The van der Waals surface area contributed by atoms with Gasteiger partial charge < -0.3 is 5.32 Å². The van der Waals surface area contributed by atoms with E-state index < -0.39 is 10.0 Å². The van der Waals surface area contributed by atoms with Gasteiger partial charge in [0.15, 0.2) is 0 Å². The second-order valence-electron chi connectivity index (χ2n) is 4.56. The lowest BCUT2D eigenvalue weighted by molar-refractivity contribution is 0.540. The first-order valence-corrected chi connectivity index (χ1v) is 8.88. The van der Waals surface area contributed by atoms with Crippen LogP contribution in [0.15, 0.2) is 0 Å². The minimum absolute atomic E-state index is 0.129. The molecule has 1 rings (SSSR count). The van der Waals surface area contributed by atoms with Crippen molar-refractivity contribution < 1.29 is 8.42 Å². The van der Waals surface area contributed by atoms with Crippen molar-refractivity contribution in [1.82, 2.24) is 10.0 Å². The van der Waals surface area contributed by atoms with E-state index in [1.54, 1.807) is 14.0 Å². The van der Waals surface area contributed by atoms with Crippen molar-refractivity contribution >= 4 is 21.8 Å². The third-order valence-corrected chi connectivity index (χ3v) is 6.35. The zero-order chi connectivity index (χ0) is 12.9. The maximum absolute atomic E-state index is 12.1. The number of hydrogen-bond donors (Lipinski definition) is 2. The largest absolute Gasteiger partial charge is 0.318 e. The zero-order valence-electron chi connectivity index (χ0n) is 10.9. The molecule has 0 bridgehead atoms. The summed E-state index contributed by atoms with van der Waals surface area (Å²) in [5.41, 5.74) is 0. The number of rotatable bonds is 7. The molecule has 1 fully saturated rings. The van der Waals surface area contributed by atoms with Gasteiger partial charge in [0.05, 0.1) is 5.25 Å². The van der Waals surface area contributed by atoms with E-state index in [1.807, 2.05) is 11.8 Å². The van der Waals surface area contributed by atoms with Gasteiger partial charge >= 0.3 is 0 Å². The van der Waals surface area contributed by atoms with Gasteiger partial charge in [0, 0.05) is 17.8 Å². The fourth-order valence-corrected chi connectivity index (χ4v) is 4.81. The van der Waals surface area contributed by atoms with Crippen LogP contribution in [0, 0.1) is 0 Å². The van der Waals surface area contributed by atoms with Crippen molar-refractivity contribution in [3.63, 3.8) is 0 Å². The number of sulfonamides is 1. The quantitative estimate of drug-likeness (QED) is 0.735. The molecular formula is C11H24N2O2S2. The Hall–Kier alpha value is 0.220. The molecule has 3 unspecified atom stereocenters. The molecule has 0 amide bonds. The zero-order valence-corrected chi connectivity index (χ0v) is 12.5. The molecule has 4 nitrogen and oxygen atoms in total. The first-order chi connectivity index (χ1) is 8.01. The monoisotopic (exact) mass is 280 g/mol. The van der Waals surface area contributed by atoms with Gasteiger partial charge in [0.2, 0.25) is 10.0 Å². The summed E-state index contributed by atoms with van der Waals surface area (Å²) >= 11 is 1.87. The molecule has 0 spiro atoms. The van der Waals surface area contributed by atoms with Crippen molar-refractivity contribution in [2.75, 3.05) is 19.3 Å². The molecule has 2 N–H and O–H groups in total. The van der Waals surface area contributed by atoms with Gasteiger partial charge in [-0.1, -0.05) is 13.3 Å². The number of hydrogen-bond acceptors (Lipinski definition) is 4. The Morgan fingerprint density at radius 3 is 2.71 bits per heavy atom. The van der Waals surface area contributed by atoms with Crippen LogP contribution in [-0.2, 0) is 10.0 Å². The van der Waals surface area contributed by atoms with Crippen LogP contribution >= 0.6 is 11.8 Å². The van der Waals surface area contributed by atoms with Crippen LogP contribution in [0.5, 0.6) is 0 Å². The van der Waals surface area contributed by atoms with Crippen LogP contribution in [0.3, 0.4) is 0 Å². The molecule has 0 aliphatic heterocycles. The van der Waals surface area contributed by atoms with Crippen LogP contribution < -0.4 is 10.0 Å². The highest BCUT2D eigenvalue weighted by atomic mass is 32.2. The van der Waals surface area contributed by atoms with Crippen molar-refractivity contribution in [1.29, 1.82) is 0 Å². The Morgan fingerprint density at radius 2 is 2.12 bits per heavy atom. The smallest absolute Gasteiger partial charge is 0.215 e. The van der Waals surface area contributed by atoms with E-state index in [0.29, 0.717) is 11.8 Å². The van der Waals surface area contributed by atoms with Gasteiger partial charge in [0.25, 0.3) is 0 Å². The summed E-state index contributed by atoms with van der Waals surface area (Å²) in [6.07, 6.45) is 3.24. The molecule has 0 aromatic carbocycles. The topological polar surface area (TPSA) is 58.2 Å². The highest BCUT2D eigenvalue weighted by molar-refractivity contribution is 8.00. The highest BCUT2D eigenvalue weighted by Crippen LogP contribution is 2.30. The van der Waals surface area contributed by atoms with Gasteiger partial charge in [-0.25, -0.2) is 13.1 Å². The first-order valence-electron chi connectivity index (χ1n) is 6.28. The lowest BCUT2D eigenvalue weighted by Gasteiger charge is -2.22. The molecule has 6 heteroatoms. The molecule has 0 aromatic rings. The lowest BCUT2D eigenvalue weighted by Crippen LogP contribution is -2.45. The molecule has 0 heterocycles. The molecule has 17 heavy (non-hydrogen) atoms. The molecule has 102 valence electrons. The molecule has 1 saturated carbocycles. The molecule has 0 aromatic heterocycles. The summed E-state index contributed by atoms with van der Waals surface area (Å²) < 4.78 is 27.0. The summed E-state index contributed by atoms with van der Waals surface area (Å²) in [7, 11) is -1.41. The van der Waals surface area contributed by atoms with E-state index in [0.717, 1.165) is 25.0 Å². The van der Waals surface area contributed by atoms with Crippen LogP contribution in [0.1, 0.15) is 33.1 Å². The van der Waals surface area contributed by atoms with E-state index in [2.05, 4.69) is 17.0 Å². The van der Waals surface area contributed by atoms with Crippen molar-refractivity contribution in [3.05, 3.63) is 0 Å². The normalized spacial score (nSPS) is 27.2. The minimum Gasteiger partial charge on any atom is -0.318 e. The van der Waals surface area contributed by atoms with Gasteiger partial charge in [-0.2, -0.15) is 11.8 Å². The second kappa shape index (κ2) is 6.97. The predicted molar refractivity (Wildman–Crippen MR) is 75.0 cm³/mol. The summed E-state index contributed by atoms with van der Waals surface area (Å²) in [6, 6.07) is 0.129. The van der Waals surface area contributed by atoms with Gasteiger partial charge in [0.1, 0.15) is 0 Å². The number of thioether (sulfide) groups is 1. The SMILES string of the molecule is CCSC1CCCC1NS(=O)(=O)C(C)CNC. The fourth-order valence-electron chi connectivity index (χ4n) is 2.20. The first kappa shape index (κ1) is 15.3. The Labute approximate surface area is 109 Å². The van der Waals surface area contributed by atoms with E-state index >= 15 is 0 Å². The summed E-state index contributed by atoms with van der Waals surface area (Å²) in [4.78, 5) is 0. The van der Waals surface area contributed by atoms with Crippen LogP contribution in [0.25, 0.3) is 0 Å². The molecule has 1 aliphatic carbocycles. The van der Waals surface area contributed by atoms with Crippen LogP contribution in [-0.4, -0.2) is 44.3 Å². The standard InChI is InChI=1S/C11H24N2O2S2/c1-4-16-11-7-5-6-10(11)13-17(14,15)9(2)8-12-3/h9-13H,4-8H2,1-3H3. The van der Waals surface area contributed by atoms with Crippen molar-refractivity contribution in [2.24, 2.45) is 0 Å². The fraction of sp³-hybridized carbons (Fsp3) is 1.00. The maximum atomic E-state index is 12.1.